The molecule has 0 amide bonds. The lowest BCUT2D eigenvalue weighted by Crippen LogP contribution is -2.59. The van der Waals surface area contributed by atoms with Gasteiger partial charge in [-0.3, -0.25) is 4.90 Å². The number of rotatable bonds is 1. The summed E-state index contributed by atoms with van der Waals surface area (Å²) in [6.45, 7) is 13.5. The van der Waals surface area contributed by atoms with Gasteiger partial charge in [0.15, 0.2) is 0 Å². The fraction of sp³-hybridized carbons (Fsp3) is 1.00. The van der Waals surface area contributed by atoms with E-state index in [9.17, 15) is 0 Å². The van der Waals surface area contributed by atoms with Gasteiger partial charge in [0.1, 0.15) is 0 Å². The van der Waals surface area contributed by atoms with Gasteiger partial charge in [-0.2, -0.15) is 0 Å². The highest BCUT2D eigenvalue weighted by Gasteiger charge is 2.34. The Bertz CT molecular complexity index is 170. The summed E-state index contributed by atoms with van der Waals surface area (Å²) in [6.07, 6.45) is 0.149. The van der Waals surface area contributed by atoms with Gasteiger partial charge in [0.05, 0.1) is 12.7 Å². The van der Waals surface area contributed by atoms with Gasteiger partial charge >= 0.3 is 0 Å². The second-order valence-electron chi connectivity index (χ2n) is 5.80. The molecule has 84 valence electrons. The smallest absolute Gasteiger partial charge is 0.0876 e. The van der Waals surface area contributed by atoms with Crippen molar-refractivity contribution in [2.45, 2.75) is 51.8 Å². The molecule has 0 aromatic rings. The largest absolute Gasteiger partial charge is 0.374 e. The molecule has 0 saturated carbocycles. The standard InChI is InChI=1S/C11H24N2O/c1-10(2,3)13-6-7-14-9(8-13)11(4,5)12/h9H,6-8,12H2,1-5H3/t9-/m0/s1. The Kier molecular flexibility index (Phi) is 3.24. The van der Waals surface area contributed by atoms with Gasteiger partial charge in [0.2, 0.25) is 0 Å². The van der Waals surface area contributed by atoms with Gasteiger partial charge in [-0.1, -0.05) is 0 Å². The average molecular weight is 200 g/mol. The molecule has 0 unspecified atom stereocenters. The normalized spacial score (nSPS) is 26.6. The van der Waals surface area contributed by atoms with Gasteiger partial charge in [0.25, 0.3) is 0 Å². The third-order valence-corrected chi connectivity index (χ3v) is 2.84. The van der Waals surface area contributed by atoms with Crippen LogP contribution in [0, 0.1) is 0 Å². The summed E-state index contributed by atoms with van der Waals surface area (Å²) in [7, 11) is 0. The van der Waals surface area contributed by atoms with Crippen LogP contribution in [-0.4, -0.2) is 41.8 Å². The highest BCUT2D eigenvalue weighted by Crippen LogP contribution is 2.21. The maximum atomic E-state index is 6.06. The molecule has 1 fully saturated rings. The number of nitrogens with zero attached hydrogens (tertiary/aromatic N) is 1. The zero-order chi connectivity index (χ0) is 11.0. The Morgan fingerprint density at radius 1 is 1.21 bits per heavy atom. The Morgan fingerprint density at radius 2 is 1.79 bits per heavy atom. The molecule has 0 radical (unpaired) electrons. The van der Waals surface area contributed by atoms with Crippen molar-refractivity contribution < 1.29 is 4.74 Å². The lowest BCUT2D eigenvalue weighted by Gasteiger charge is -2.45. The monoisotopic (exact) mass is 200 g/mol. The van der Waals surface area contributed by atoms with Crippen LogP contribution in [-0.2, 0) is 4.74 Å². The first-order valence-electron chi connectivity index (χ1n) is 5.37. The minimum absolute atomic E-state index is 0.149. The van der Waals surface area contributed by atoms with Crippen LogP contribution >= 0.6 is 0 Å². The highest BCUT2D eigenvalue weighted by molar-refractivity contribution is 4.91. The Morgan fingerprint density at radius 3 is 2.21 bits per heavy atom. The van der Waals surface area contributed by atoms with E-state index in [4.69, 9.17) is 10.5 Å². The van der Waals surface area contributed by atoms with E-state index in [1.807, 2.05) is 13.8 Å². The van der Waals surface area contributed by atoms with Gasteiger partial charge < -0.3 is 10.5 Å². The highest BCUT2D eigenvalue weighted by atomic mass is 16.5. The topological polar surface area (TPSA) is 38.5 Å². The first-order chi connectivity index (χ1) is 6.21. The summed E-state index contributed by atoms with van der Waals surface area (Å²) < 4.78 is 5.70. The summed E-state index contributed by atoms with van der Waals surface area (Å²) in [5.41, 5.74) is 6.03. The molecule has 1 heterocycles. The molecule has 0 aromatic heterocycles. The SMILES string of the molecule is CC(C)(N)[C@@H]1CN(C(C)(C)C)CCO1. The van der Waals surface area contributed by atoms with E-state index in [0.717, 1.165) is 19.7 Å². The molecule has 0 aliphatic carbocycles. The number of nitrogens with two attached hydrogens (primary N) is 1. The van der Waals surface area contributed by atoms with Crippen LogP contribution in [0.5, 0.6) is 0 Å². The van der Waals surface area contributed by atoms with Crippen molar-refractivity contribution in [2.75, 3.05) is 19.7 Å². The molecule has 3 nitrogen and oxygen atoms in total. The quantitative estimate of drug-likeness (QED) is 0.692. The van der Waals surface area contributed by atoms with Crippen molar-refractivity contribution >= 4 is 0 Å². The van der Waals surface area contributed by atoms with Crippen LogP contribution in [0.15, 0.2) is 0 Å². The fourth-order valence-electron chi connectivity index (χ4n) is 1.71. The molecule has 3 heteroatoms. The summed E-state index contributed by atoms with van der Waals surface area (Å²) in [4.78, 5) is 2.44. The lowest BCUT2D eigenvalue weighted by molar-refractivity contribution is -0.0826. The number of morpholine rings is 1. The Labute approximate surface area is 87.6 Å². The maximum Gasteiger partial charge on any atom is 0.0876 e. The third kappa shape index (κ3) is 2.94. The Hall–Kier alpha value is -0.120. The maximum absolute atomic E-state index is 6.06. The Balaban J connectivity index is 2.61. The van der Waals surface area contributed by atoms with Crippen molar-refractivity contribution in [2.24, 2.45) is 5.73 Å². The first kappa shape index (κ1) is 12.0. The van der Waals surface area contributed by atoms with E-state index in [1.165, 1.54) is 0 Å². The summed E-state index contributed by atoms with van der Waals surface area (Å²) in [5, 5.41) is 0. The lowest BCUT2D eigenvalue weighted by atomic mass is 9.95. The van der Waals surface area contributed by atoms with Crippen molar-refractivity contribution in [3.05, 3.63) is 0 Å². The first-order valence-corrected chi connectivity index (χ1v) is 5.37. The predicted molar refractivity (Wildman–Crippen MR) is 59.3 cm³/mol. The van der Waals surface area contributed by atoms with E-state index in [2.05, 4.69) is 25.7 Å². The number of hydrogen-bond donors (Lipinski definition) is 1. The summed E-state index contributed by atoms with van der Waals surface area (Å²) in [5.74, 6) is 0. The van der Waals surface area contributed by atoms with E-state index >= 15 is 0 Å². The van der Waals surface area contributed by atoms with Crippen LogP contribution in [0.3, 0.4) is 0 Å². The average Bonchev–Trinajstić information content (AvgIpc) is 2.01. The minimum atomic E-state index is -0.246. The third-order valence-electron chi connectivity index (χ3n) is 2.84. The number of hydrogen-bond acceptors (Lipinski definition) is 3. The predicted octanol–water partition coefficient (Wildman–Crippen LogP) is 1.22. The zero-order valence-electron chi connectivity index (χ0n) is 10.1. The van der Waals surface area contributed by atoms with E-state index in [0.29, 0.717) is 0 Å². The van der Waals surface area contributed by atoms with Crippen molar-refractivity contribution in [1.29, 1.82) is 0 Å². The summed E-state index contributed by atoms with van der Waals surface area (Å²) >= 11 is 0. The minimum Gasteiger partial charge on any atom is -0.374 e. The van der Waals surface area contributed by atoms with Crippen molar-refractivity contribution in [1.82, 2.24) is 4.90 Å². The van der Waals surface area contributed by atoms with Gasteiger partial charge in [-0.05, 0) is 34.6 Å². The zero-order valence-corrected chi connectivity index (χ0v) is 10.1. The molecular weight excluding hydrogens is 176 g/mol. The van der Waals surface area contributed by atoms with Crippen LogP contribution in [0.4, 0.5) is 0 Å². The molecule has 0 aromatic carbocycles. The van der Waals surface area contributed by atoms with Crippen LogP contribution < -0.4 is 5.73 Å². The molecule has 1 saturated heterocycles. The number of ether oxygens (including phenoxy) is 1. The molecule has 1 aliphatic heterocycles. The second-order valence-corrected chi connectivity index (χ2v) is 5.80. The molecule has 0 bridgehead atoms. The van der Waals surface area contributed by atoms with Crippen LogP contribution in [0.1, 0.15) is 34.6 Å². The molecule has 0 spiro atoms. The molecule has 1 aliphatic rings. The molecule has 1 rings (SSSR count). The van der Waals surface area contributed by atoms with Crippen molar-refractivity contribution in [3.63, 3.8) is 0 Å². The van der Waals surface area contributed by atoms with Gasteiger partial charge in [-0.25, -0.2) is 0 Å². The van der Waals surface area contributed by atoms with E-state index in [-0.39, 0.29) is 17.2 Å². The van der Waals surface area contributed by atoms with Crippen LogP contribution in [0.2, 0.25) is 0 Å². The second kappa shape index (κ2) is 3.80. The molecule has 14 heavy (non-hydrogen) atoms. The van der Waals surface area contributed by atoms with Gasteiger partial charge in [0, 0.05) is 24.2 Å². The van der Waals surface area contributed by atoms with E-state index in [1.54, 1.807) is 0 Å². The molecule has 2 N–H and O–H groups in total. The van der Waals surface area contributed by atoms with Crippen LogP contribution in [0.25, 0.3) is 0 Å². The van der Waals surface area contributed by atoms with Gasteiger partial charge in [-0.15, -0.1) is 0 Å². The van der Waals surface area contributed by atoms with Crippen molar-refractivity contribution in [3.8, 4) is 0 Å². The molecule has 1 atom stereocenters. The van der Waals surface area contributed by atoms with E-state index < -0.39 is 0 Å². The fourth-order valence-corrected chi connectivity index (χ4v) is 1.71. The molecular formula is C11H24N2O. The summed E-state index contributed by atoms with van der Waals surface area (Å²) in [6, 6.07) is 0.